The number of oxazole rings is 1. The lowest BCUT2D eigenvalue weighted by molar-refractivity contribution is -0.152. The average Bonchev–Trinajstić information content (AvgIpc) is 3.21. The number of aromatic nitrogens is 1. The third kappa shape index (κ3) is 4.50. The fourth-order valence-corrected chi connectivity index (χ4v) is 3.03. The zero-order chi connectivity index (χ0) is 22.0. The number of halogens is 3. The molecular formula is C24H17F3N2O2. The Balaban J connectivity index is 1.60. The molecule has 0 aliphatic heterocycles. The van der Waals surface area contributed by atoms with Crippen LogP contribution in [0.4, 0.5) is 18.9 Å². The fraction of sp³-hybridized carbons (Fsp3) is 0.0833. The first-order valence-electron chi connectivity index (χ1n) is 9.43. The molecule has 0 unspecified atom stereocenters. The number of nitrogens with one attached hydrogen (secondary N) is 1. The summed E-state index contributed by atoms with van der Waals surface area (Å²) in [6.07, 6.45) is -4.68. The fourth-order valence-electron chi connectivity index (χ4n) is 3.03. The third-order valence-electron chi connectivity index (χ3n) is 4.64. The number of hydrogen-bond donors (Lipinski definition) is 1. The van der Waals surface area contributed by atoms with Crippen LogP contribution in [0.3, 0.4) is 0 Å². The maximum Gasteiger partial charge on any atom is 0.451 e. The Bertz CT molecular complexity index is 1200. The highest BCUT2D eigenvalue weighted by molar-refractivity contribution is 6.04. The van der Waals surface area contributed by atoms with Gasteiger partial charge in [-0.15, -0.1) is 0 Å². The molecule has 0 saturated heterocycles. The first-order valence-corrected chi connectivity index (χ1v) is 9.43. The normalized spacial score (nSPS) is 11.4. The van der Waals surface area contributed by atoms with E-state index < -0.39 is 11.9 Å². The Morgan fingerprint density at radius 3 is 2.13 bits per heavy atom. The van der Waals surface area contributed by atoms with Gasteiger partial charge in [-0.25, -0.2) is 4.98 Å². The number of rotatable bonds is 4. The lowest BCUT2D eigenvalue weighted by Crippen LogP contribution is -2.11. The van der Waals surface area contributed by atoms with Crippen LogP contribution in [0.15, 0.2) is 83.3 Å². The van der Waals surface area contributed by atoms with Crippen LogP contribution in [0.2, 0.25) is 0 Å². The van der Waals surface area contributed by atoms with Crippen LogP contribution in [0.5, 0.6) is 0 Å². The molecule has 7 heteroatoms. The predicted octanol–water partition coefficient (Wildman–Crippen LogP) is 6.59. The van der Waals surface area contributed by atoms with E-state index in [9.17, 15) is 18.0 Å². The maximum atomic E-state index is 13.5. The van der Waals surface area contributed by atoms with E-state index in [-0.39, 0.29) is 17.5 Å². The second-order valence-electron chi connectivity index (χ2n) is 6.96. The summed E-state index contributed by atoms with van der Waals surface area (Å²) in [6.45, 7) is 1.93. The van der Waals surface area contributed by atoms with Crippen molar-refractivity contribution in [2.75, 3.05) is 5.32 Å². The van der Waals surface area contributed by atoms with Crippen molar-refractivity contribution < 1.29 is 22.4 Å². The van der Waals surface area contributed by atoms with E-state index >= 15 is 0 Å². The number of alkyl halides is 3. The number of nitrogens with zero attached hydrogens (tertiary/aromatic N) is 1. The van der Waals surface area contributed by atoms with Crippen LogP contribution in [0, 0.1) is 6.92 Å². The van der Waals surface area contributed by atoms with Crippen molar-refractivity contribution >= 4 is 11.6 Å². The summed E-state index contributed by atoms with van der Waals surface area (Å²) in [6, 6.07) is 21.4. The molecule has 0 spiro atoms. The zero-order valence-corrected chi connectivity index (χ0v) is 16.4. The summed E-state index contributed by atoms with van der Waals surface area (Å²) >= 11 is 0. The molecule has 0 aliphatic rings. The number of aryl methyl sites for hydroxylation is 1. The van der Waals surface area contributed by atoms with Crippen LogP contribution in [0.1, 0.15) is 21.7 Å². The van der Waals surface area contributed by atoms with E-state index in [0.717, 1.165) is 5.56 Å². The number of amides is 1. The van der Waals surface area contributed by atoms with Gasteiger partial charge < -0.3 is 9.73 Å². The first kappa shape index (κ1) is 20.4. The molecular weight excluding hydrogens is 405 g/mol. The molecule has 0 fully saturated rings. The van der Waals surface area contributed by atoms with Gasteiger partial charge in [-0.2, -0.15) is 13.2 Å². The van der Waals surface area contributed by atoms with Gasteiger partial charge in [-0.1, -0.05) is 48.0 Å². The second kappa shape index (κ2) is 8.10. The number of carbonyl (C=O) groups is 1. The number of anilines is 1. The summed E-state index contributed by atoms with van der Waals surface area (Å²) in [5.41, 5.74) is 2.46. The van der Waals surface area contributed by atoms with Crippen molar-refractivity contribution in [3.05, 3.63) is 95.7 Å². The van der Waals surface area contributed by atoms with Crippen LogP contribution in [0.25, 0.3) is 22.7 Å². The SMILES string of the molecule is Cc1ccc(C(=O)Nc2ccc(-c3nc(-c4ccccc4)c(C(F)(F)F)o3)cc2)cc1. The minimum absolute atomic E-state index is 0.150. The lowest BCUT2D eigenvalue weighted by Gasteiger charge is -2.06. The summed E-state index contributed by atoms with van der Waals surface area (Å²) in [5.74, 6) is -1.58. The van der Waals surface area contributed by atoms with Gasteiger partial charge >= 0.3 is 6.18 Å². The molecule has 4 nitrogen and oxygen atoms in total. The lowest BCUT2D eigenvalue weighted by atomic mass is 10.1. The third-order valence-corrected chi connectivity index (χ3v) is 4.64. The zero-order valence-electron chi connectivity index (χ0n) is 16.4. The highest BCUT2D eigenvalue weighted by Gasteiger charge is 2.40. The van der Waals surface area contributed by atoms with E-state index in [1.54, 1.807) is 66.7 Å². The van der Waals surface area contributed by atoms with Gasteiger partial charge in [0.1, 0.15) is 5.69 Å². The number of carbonyl (C=O) groups excluding carboxylic acids is 1. The van der Waals surface area contributed by atoms with Crippen molar-refractivity contribution in [3.63, 3.8) is 0 Å². The molecule has 0 radical (unpaired) electrons. The Morgan fingerprint density at radius 2 is 1.52 bits per heavy atom. The van der Waals surface area contributed by atoms with E-state index in [2.05, 4.69) is 10.3 Å². The van der Waals surface area contributed by atoms with E-state index in [0.29, 0.717) is 22.4 Å². The summed E-state index contributed by atoms with van der Waals surface area (Å²) < 4.78 is 45.5. The minimum Gasteiger partial charge on any atom is -0.431 e. The molecule has 4 aromatic rings. The molecule has 4 rings (SSSR count). The number of hydrogen-bond acceptors (Lipinski definition) is 3. The van der Waals surface area contributed by atoms with Gasteiger partial charge in [-0.05, 0) is 43.3 Å². The summed E-state index contributed by atoms with van der Waals surface area (Å²) in [5, 5.41) is 2.75. The van der Waals surface area contributed by atoms with Crippen LogP contribution < -0.4 is 5.32 Å². The topological polar surface area (TPSA) is 55.1 Å². The Kier molecular flexibility index (Phi) is 5.33. The van der Waals surface area contributed by atoms with Crippen LogP contribution in [-0.2, 0) is 6.18 Å². The first-order chi connectivity index (χ1) is 14.8. The molecule has 0 saturated carbocycles. The van der Waals surface area contributed by atoms with Crippen molar-refractivity contribution in [3.8, 4) is 22.7 Å². The van der Waals surface area contributed by atoms with E-state index in [4.69, 9.17) is 4.42 Å². The quantitative estimate of drug-likeness (QED) is 0.404. The maximum absolute atomic E-state index is 13.5. The highest BCUT2D eigenvalue weighted by Crippen LogP contribution is 2.39. The molecule has 31 heavy (non-hydrogen) atoms. The van der Waals surface area contributed by atoms with Gasteiger partial charge in [-0.3, -0.25) is 4.79 Å². The van der Waals surface area contributed by atoms with Gasteiger partial charge in [0.25, 0.3) is 5.91 Å². The smallest absolute Gasteiger partial charge is 0.431 e. The predicted molar refractivity (Wildman–Crippen MR) is 112 cm³/mol. The highest BCUT2D eigenvalue weighted by atomic mass is 19.4. The van der Waals surface area contributed by atoms with Crippen molar-refractivity contribution in [1.82, 2.24) is 4.98 Å². The van der Waals surface area contributed by atoms with Crippen molar-refractivity contribution in [1.29, 1.82) is 0 Å². The van der Waals surface area contributed by atoms with Crippen LogP contribution >= 0.6 is 0 Å². The van der Waals surface area contributed by atoms with Gasteiger partial charge in [0.15, 0.2) is 0 Å². The largest absolute Gasteiger partial charge is 0.451 e. The molecule has 3 aromatic carbocycles. The molecule has 1 N–H and O–H groups in total. The van der Waals surface area contributed by atoms with Gasteiger partial charge in [0.05, 0.1) is 0 Å². The van der Waals surface area contributed by atoms with Crippen molar-refractivity contribution in [2.45, 2.75) is 13.1 Å². The summed E-state index contributed by atoms with van der Waals surface area (Å²) in [4.78, 5) is 16.4. The standard InChI is InChI=1S/C24H17F3N2O2/c1-15-7-9-17(10-8-15)22(30)28-19-13-11-18(12-14-19)23-29-20(16-5-3-2-4-6-16)21(31-23)24(25,26)27/h2-14H,1H3,(H,28,30). The average molecular weight is 422 g/mol. The molecule has 0 bridgehead atoms. The Hall–Kier alpha value is -3.87. The van der Waals surface area contributed by atoms with Gasteiger partial charge in [0, 0.05) is 22.4 Å². The second-order valence-corrected chi connectivity index (χ2v) is 6.96. The Morgan fingerprint density at radius 1 is 0.871 bits per heavy atom. The van der Waals surface area contributed by atoms with Gasteiger partial charge in [0.2, 0.25) is 11.7 Å². The van der Waals surface area contributed by atoms with Crippen molar-refractivity contribution in [2.24, 2.45) is 0 Å². The van der Waals surface area contributed by atoms with E-state index in [1.165, 1.54) is 0 Å². The minimum atomic E-state index is -4.68. The molecule has 156 valence electrons. The van der Waals surface area contributed by atoms with E-state index in [1.807, 2.05) is 19.1 Å². The molecule has 1 aromatic heterocycles. The Labute approximate surface area is 176 Å². The molecule has 0 atom stereocenters. The summed E-state index contributed by atoms with van der Waals surface area (Å²) in [7, 11) is 0. The van der Waals surface area contributed by atoms with Crippen LogP contribution in [-0.4, -0.2) is 10.9 Å². The number of benzene rings is 3. The molecule has 0 aliphatic carbocycles. The molecule has 1 amide bonds. The molecule has 1 heterocycles. The monoisotopic (exact) mass is 422 g/mol.